The van der Waals surface area contributed by atoms with Crippen molar-refractivity contribution in [2.45, 2.75) is 58.5 Å². The number of benzene rings is 1. The minimum absolute atomic E-state index is 0.179. The summed E-state index contributed by atoms with van der Waals surface area (Å²) in [5, 5.41) is 2.90. The third-order valence-electron chi connectivity index (χ3n) is 4.62. The van der Waals surface area contributed by atoms with Gasteiger partial charge in [0.2, 0.25) is 10.0 Å². The van der Waals surface area contributed by atoms with E-state index in [1.54, 1.807) is 13.0 Å². The average Bonchev–Trinajstić information content (AvgIpc) is 2.52. The van der Waals surface area contributed by atoms with Crippen LogP contribution < -0.4 is 5.32 Å². The first-order valence-corrected chi connectivity index (χ1v) is 10.4. The quantitative estimate of drug-likeness (QED) is 0.748. The first-order chi connectivity index (χ1) is 11.9. The number of amides is 1. The zero-order chi connectivity index (χ0) is 20.2. The Morgan fingerprint density at radius 2 is 1.62 bits per heavy atom. The monoisotopic (exact) mass is 383 g/mol. The molecule has 1 rings (SSSR count). The van der Waals surface area contributed by atoms with Gasteiger partial charge in [-0.3, -0.25) is 9.69 Å². The molecule has 0 spiro atoms. The molecule has 0 bridgehead atoms. The lowest BCUT2D eigenvalue weighted by molar-refractivity contribution is 0.0939. The van der Waals surface area contributed by atoms with E-state index in [2.05, 4.69) is 37.9 Å². The molecular weight excluding hydrogens is 350 g/mol. The molecule has 1 N–H and O–H groups in total. The molecule has 0 aliphatic heterocycles. The van der Waals surface area contributed by atoms with E-state index < -0.39 is 10.0 Å². The fraction of sp³-hybridized carbons (Fsp3) is 0.632. The maximum absolute atomic E-state index is 12.5. The van der Waals surface area contributed by atoms with Gasteiger partial charge in [0.1, 0.15) is 0 Å². The second kappa shape index (κ2) is 8.97. The lowest BCUT2D eigenvalue weighted by atomic mass is 10.1. The van der Waals surface area contributed by atoms with Crippen molar-refractivity contribution in [1.82, 2.24) is 14.5 Å². The molecule has 0 saturated carbocycles. The van der Waals surface area contributed by atoms with Gasteiger partial charge in [-0.2, -0.15) is 0 Å². The Balaban J connectivity index is 2.99. The van der Waals surface area contributed by atoms with Crippen molar-refractivity contribution >= 4 is 15.9 Å². The Bertz CT molecular complexity index is 733. The summed E-state index contributed by atoms with van der Waals surface area (Å²) in [6.45, 7) is 13.4. The second-order valence-corrected chi connectivity index (χ2v) is 9.51. The first kappa shape index (κ1) is 22.6. The molecule has 26 heavy (non-hydrogen) atoms. The molecule has 0 saturated heterocycles. The summed E-state index contributed by atoms with van der Waals surface area (Å²) in [5.41, 5.74) is 1.82. The molecule has 0 atom stereocenters. The zero-order valence-corrected chi connectivity index (χ0v) is 18.1. The number of sulfonamides is 1. The number of aryl methyl sites for hydroxylation is 1. The summed E-state index contributed by atoms with van der Waals surface area (Å²) < 4.78 is 26.2. The zero-order valence-electron chi connectivity index (χ0n) is 17.3. The average molecular weight is 384 g/mol. The van der Waals surface area contributed by atoms with Crippen molar-refractivity contribution in [1.29, 1.82) is 0 Å². The molecule has 1 aromatic rings. The van der Waals surface area contributed by atoms with Crippen molar-refractivity contribution in [2.24, 2.45) is 0 Å². The molecule has 148 valence electrons. The predicted octanol–water partition coefficient (Wildman–Crippen LogP) is 2.40. The van der Waals surface area contributed by atoms with Crippen LogP contribution in [-0.2, 0) is 10.0 Å². The number of hydrogen-bond donors (Lipinski definition) is 1. The molecule has 1 amide bonds. The van der Waals surface area contributed by atoms with Crippen LogP contribution in [0.25, 0.3) is 0 Å². The Kier molecular flexibility index (Phi) is 7.80. The maximum Gasteiger partial charge on any atom is 0.251 e. The van der Waals surface area contributed by atoms with Crippen LogP contribution in [0.5, 0.6) is 0 Å². The third kappa shape index (κ3) is 5.28. The van der Waals surface area contributed by atoms with Crippen LogP contribution in [0, 0.1) is 13.8 Å². The summed E-state index contributed by atoms with van der Waals surface area (Å²) in [4.78, 5) is 15.0. The number of carbonyl (C=O) groups excluding carboxylic acids is 1. The van der Waals surface area contributed by atoms with Crippen LogP contribution in [0.4, 0.5) is 0 Å². The minimum atomic E-state index is -3.60. The molecule has 7 heteroatoms. The standard InChI is InChI=1S/C19H33N3O3S/c1-13(2)22(14(3)4)10-9-20-19(23)17-11-15(5)16(6)18(12-17)26(24,25)21(7)8/h11-14H,9-10H2,1-8H3,(H,20,23). The highest BCUT2D eigenvalue weighted by Crippen LogP contribution is 2.23. The summed E-state index contributed by atoms with van der Waals surface area (Å²) in [7, 11) is -0.619. The van der Waals surface area contributed by atoms with Crippen LogP contribution in [-0.4, -0.2) is 62.8 Å². The van der Waals surface area contributed by atoms with Gasteiger partial charge in [-0.15, -0.1) is 0 Å². The topological polar surface area (TPSA) is 69.7 Å². The van der Waals surface area contributed by atoms with E-state index in [4.69, 9.17) is 0 Å². The van der Waals surface area contributed by atoms with E-state index in [0.29, 0.717) is 29.8 Å². The van der Waals surface area contributed by atoms with E-state index >= 15 is 0 Å². The first-order valence-electron chi connectivity index (χ1n) is 8.97. The number of nitrogens with one attached hydrogen (secondary N) is 1. The van der Waals surface area contributed by atoms with Crippen molar-refractivity contribution in [2.75, 3.05) is 27.2 Å². The van der Waals surface area contributed by atoms with Crippen LogP contribution in [0.2, 0.25) is 0 Å². The van der Waals surface area contributed by atoms with E-state index in [1.165, 1.54) is 24.5 Å². The lowest BCUT2D eigenvalue weighted by Gasteiger charge is -2.30. The van der Waals surface area contributed by atoms with Gasteiger partial charge >= 0.3 is 0 Å². The summed E-state index contributed by atoms with van der Waals surface area (Å²) in [6, 6.07) is 3.99. The summed E-state index contributed by atoms with van der Waals surface area (Å²) in [6.07, 6.45) is 0. The smallest absolute Gasteiger partial charge is 0.251 e. The summed E-state index contributed by atoms with van der Waals surface area (Å²) >= 11 is 0. The normalized spacial score (nSPS) is 12.5. The SMILES string of the molecule is Cc1cc(C(=O)NCCN(C(C)C)C(C)C)cc(S(=O)(=O)N(C)C)c1C. The predicted molar refractivity (Wildman–Crippen MR) is 106 cm³/mol. The number of rotatable bonds is 8. The number of carbonyl (C=O) groups is 1. The molecule has 0 radical (unpaired) electrons. The Morgan fingerprint density at radius 1 is 1.08 bits per heavy atom. The fourth-order valence-electron chi connectivity index (χ4n) is 2.94. The summed E-state index contributed by atoms with van der Waals surface area (Å²) in [5.74, 6) is -0.254. The van der Waals surface area contributed by atoms with Gasteiger partial charge in [0.05, 0.1) is 4.90 Å². The van der Waals surface area contributed by atoms with Crippen molar-refractivity contribution < 1.29 is 13.2 Å². The molecule has 0 fully saturated rings. The number of hydrogen-bond acceptors (Lipinski definition) is 4. The van der Waals surface area contributed by atoms with Crippen molar-refractivity contribution in [3.63, 3.8) is 0 Å². The van der Waals surface area contributed by atoms with Gasteiger partial charge in [-0.25, -0.2) is 12.7 Å². The molecule has 0 aliphatic rings. The van der Waals surface area contributed by atoms with Crippen LogP contribution in [0.1, 0.15) is 49.2 Å². The molecule has 0 aliphatic carbocycles. The highest BCUT2D eigenvalue weighted by Gasteiger charge is 2.23. The van der Waals surface area contributed by atoms with E-state index in [1.807, 2.05) is 6.92 Å². The molecular formula is C19H33N3O3S. The number of nitrogens with zero attached hydrogens (tertiary/aromatic N) is 2. The molecule has 6 nitrogen and oxygen atoms in total. The second-order valence-electron chi connectivity index (χ2n) is 7.38. The maximum atomic E-state index is 12.5. The van der Waals surface area contributed by atoms with Gasteiger partial charge < -0.3 is 5.32 Å². The Hall–Kier alpha value is -1.44. The van der Waals surface area contributed by atoms with Crippen LogP contribution >= 0.6 is 0 Å². The van der Waals surface area contributed by atoms with Crippen LogP contribution in [0.15, 0.2) is 17.0 Å². The molecule has 0 unspecified atom stereocenters. The van der Waals surface area contributed by atoms with E-state index in [9.17, 15) is 13.2 Å². The Labute approximate surface area is 158 Å². The lowest BCUT2D eigenvalue weighted by Crippen LogP contribution is -2.42. The fourth-order valence-corrected chi connectivity index (χ4v) is 4.15. The molecule has 0 heterocycles. The van der Waals surface area contributed by atoms with Gasteiger partial charge in [-0.05, 0) is 64.8 Å². The van der Waals surface area contributed by atoms with Crippen molar-refractivity contribution in [3.05, 3.63) is 28.8 Å². The highest BCUT2D eigenvalue weighted by molar-refractivity contribution is 7.89. The van der Waals surface area contributed by atoms with Gasteiger partial charge in [0.15, 0.2) is 0 Å². The van der Waals surface area contributed by atoms with Crippen molar-refractivity contribution in [3.8, 4) is 0 Å². The third-order valence-corrected chi connectivity index (χ3v) is 6.56. The molecule has 1 aromatic carbocycles. The minimum Gasteiger partial charge on any atom is -0.351 e. The van der Waals surface area contributed by atoms with Crippen LogP contribution in [0.3, 0.4) is 0 Å². The Morgan fingerprint density at radius 3 is 2.08 bits per heavy atom. The van der Waals surface area contributed by atoms with Gasteiger partial charge in [0.25, 0.3) is 5.91 Å². The van der Waals surface area contributed by atoms with E-state index in [-0.39, 0.29) is 10.8 Å². The van der Waals surface area contributed by atoms with Gasteiger partial charge in [0, 0.05) is 44.8 Å². The molecule has 0 aromatic heterocycles. The van der Waals surface area contributed by atoms with Gasteiger partial charge in [-0.1, -0.05) is 0 Å². The van der Waals surface area contributed by atoms with E-state index in [0.717, 1.165) is 12.1 Å². The highest BCUT2D eigenvalue weighted by atomic mass is 32.2. The largest absolute Gasteiger partial charge is 0.351 e.